The van der Waals surface area contributed by atoms with E-state index in [4.69, 9.17) is 0 Å². The van der Waals surface area contributed by atoms with Crippen molar-refractivity contribution in [1.29, 1.82) is 0 Å². The second-order valence-electron chi connectivity index (χ2n) is 5.39. The summed E-state index contributed by atoms with van der Waals surface area (Å²) < 4.78 is 0. The van der Waals surface area contributed by atoms with Crippen molar-refractivity contribution in [2.45, 2.75) is 44.9 Å². The fourth-order valence-electron chi connectivity index (χ4n) is 2.96. The molecule has 96 valence electrons. The average molecular weight is 240 g/mol. The van der Waals surface area contributed by atoms with Crippen molar-refractivity contribution in [2.24, 2.45) is 5.92 Å². The molecule has 0 amide bonds. The number of hydrogen-bond donors (Lipinski definition) is 0. The molecule has 0 bridgehead atoms. The fourth-order valence-corrected chi connectivity index (χ4v) is 2.96. The molecule has 1 aliphatic rings. The van der Waals surface area contributed by atoms with Gasteiger partial charge < -0.3 is 0 Å². The summed E-state index contributed by atoms with van der Waals surface area (Å²) >= 11 is 0. The Labute approximate surface area is 111 Å². The van der Waals surface area contributed by atoms with Gasteiger partial charge in [0.1, 0.15) is 0 Å². The van der Waals surface area contributed by atoms with Gasteiger partial charge in [-0.1, -0.05) is 49.1 Å². The van der Waals surface area contributed by atoms with Crippen molar-refractivity contribution in [1.82, 2.24) is 0 Å². The summed E-state index contributed by atoms with van der Waals surface area (Å²) in [6.07, 6.45) is 13.2. The highest BCUT2D eigenvalue weighted by Gasteiger charge is 2.21. The zero-order chi connectivity index (χ0) is 12.8. The second-order valence-corrected chi connectivity index (χ2v) is 5.39. The Hall–Kier alpha value is -1.30. The Morgan fingerprint density at radius 1 is 1.11 bits per heavy atom. The Bertz CT molecular complexity index is 389. The minimum atomic E-state index is 0.783. The lowest BCUT2D eigenvalue weighted by Crippen LogP contribution is -2.12. The van der Waals surface area contributed by atoms with Gasteiger partial charge in [0.15, 0.2) is 0 Å². The van der Waals surface area contributed by atoms with E-state index in [0.717, 1.165) is 11.8 Å². The molecule has 0 nitrogen and oxygen atoms in total. The van der Waals surface area contributed by atoms with E-state index < -0.39 is 0 Å². The van der Waals surface area contributed by atoms with Crippen LogP contribution in [0.4, 0.5) is 0 Å². The van der Waals surface area contributed by atoms with Crippen molar-refractivity contribution in [3.8, 4) is 0 Å². The predicted molar refractivity (Wildman–Crippen MR) is 80.7 cm³/mol. The first-order valence-electron chi connectivity index (χ1n) is 7.17. The summed E-state index contributed by atoms with van der Waals surface area (Å²) in [5.41, 5.74) is 2.74. The van der Waals surface area contributed by atoms with Crippen molar-refractivity contribution in [3.05, 3.63) is 54.1 Å². The molecule has 0 heteroatoms. The summed E-state index contributed by atoms with van der Waals surface area (Å²) in [4.78, 5) is 0. The largest absolute Gasteiger partial charge is 0.0985 e. The Kier molecular flexibility index (Phi) is 4.81. The van der Waals surface area contributed by atoms with Crippen LogP contribution in [0.1, 0.15) is 56.1 Å². The van der Waals surface area contributed by atoms with Gasteiger partial charge in [-0.05, 0) is 62.0 Å². The Morgan fingerprint density at radius 3 is 2.33 bits per heavy atom. The number of allylic oxidation sites excluding steroid dienone is 2. The van der Waals surface area contributed by atoms with E-state index in [0.29, 0.717) is 0 Å². The van der Waals surface area contributed by atoms with Gasteiger partial charge in [0, 0.05) is 0 Å². The van der Waals surface area contributed by atoms with Crippen molar-refractivity contribution in [3.63, 3.8) is 0 Å². The van der Waals surface area contributed by atoms with Gasteiger partial charge in [0.2, 0.25) is 0 Å². The molecule has 1 fully saturated rings. The summed E-state index contributed by atoms with van der Waals surface area (Å²) in [6, 6.07) is 8.95. The number of rotatable bonds is 4. The third-order valence-corrected chi connectivity index (χ3v) is 4.20. The molecule has 0 saturated heterocycles. The lowest BCUT2D eigenvalue weighted by atomic mass is 9.77. The minimum Gasteiger partial charge on any atom is -0.0985 e. The zero-order valence-electron chi connectivity index (χ0n) is 11.4. The number of benzene rings is 1. The van der Waals surface area contributed by atoms with Crippen molar-refractivity contribution < 1.29 is 0 Å². The minimum absolute atomic E-state index is 0.783. The fraction of sp³-hybridized carbons (Fsp3) is 0.444. The van der Waals surface area contributed by atoms with Gasteiger partial charge in [-0.3, -0.25) is 0 Å². The van der Waals surface area contributed by atoms with Gasteiger partial charge >= 0.3 is 0 Å². The molecule has 0 atom stereocenters. The van der Waals surface area contributed by atoms with E-state index in [1.807, 2.05) is 6.08 Å². The SMILES string of the molecule is C=Cc1ccc(C2CCC(C/C=C/C)CC2)cc1. The molecule has 0 aliphatic heterocycles. The molecule has 2 rings (SSSR count). The molecule has 0 N–H and O–H groups in total. The molecule has 1 aromatic carbocycles. The molecule has 0 aromatic heterocycles. The smallest absolute Gasteiger partial charge is 0.0162 e. The van der Waals surface area contributed by atoms with Crippen LogP contribution in [0.5, 0.6) is 0 Å². The first-order chi connectivity index (χ1) is 8.83. The maximum Gasteiger partial charge on any atom is -0.0162 e. The molecule has 18 heavy (non-hydrogen) atoms. The highest BCUT2D eigenvalue weighted by Crippen LogP contribution is 2.37. The van der Waals surface area contributed by atoms with E-state index in [1.165, 1.54) is 43.2 Å². The van der Waals surface area contributed by atoms with E-state index in [-0.39, 0.29) is 0 Å². The third-order valence-electron chi connectivity index (χ3n) is 4.20. The van der Waals surface area contributed by atoms with E-state index in [2.05, 4.69) is 49.9 Å². The molecule has 0 spiro atoms. The highest BCUT2D eigenvalue weighted by molar-refractivity contribution is 5.47. The number of hydrogen-bond acceptors (Lipinski definition) is 0. The van der Waals surface area contributed by atoms with Crippen LogP contribution in [0.15, 0.2) is 43.0 Å². The normalized spacial score (nSPS) is 24.3. The maximum atomic E-state index is 3.81. The molecule has 1 aromatic rings. The molecule has 1 aliphatic carbocycles. The molecule has 0 unspecified atom stereocenters. The molecule has 1 saturated carbocycles. The topological polar surface area (TPSA) is 0 Å². The summed E-state index contributed by atoms with van der Waals surface area (Å²) in [5.74, 6) is 1.70. The van der Waals surface area contributed by atoms with Crippen LogP contribution in [0.3, 0.4) is 0 Å². The summed E-state index contributed by atoms with van der Waals surface area (Å²) in [5, 5.41) is 0. The quantitative estimate of drug-likeness (QED) is 0.603. The molecule has 0 radical (unpaired) electrons. The summed E-state index contributed by atoms with van der Waals surface area (Å²) in [6.45, 7) is 5.92. The van der Waals surface area contributed by atoms with Crippen LogP contribution in [0.25, 0.3) is 6.08 Å². The van der Waals surface area contributed by atoms with Crippen molar-refractivity contribution >= 4 is 6.08 Å². The Balaban J connectivity index is 1.90. The van der Waals surface area contributed by atoms with E-state index in [1.54, 1.807) is 0 Å². The standard InChI is InChI=1S/C18H24/c1-3-5-6-16-9-13-18(14-10-16)17-11-7-15(4-2)8-12-17/h3-5,7-8,11-12,16,18H,2,6,9-10,13-14H2,1H3/b5-3+. The van der Waals surface area contributed by atoms with Crippen LogP contribution in [-0.2, 0) is 0 Å². The van der Waals surface area contributed by atoms with E-state index in [9.17, 15) is 0 Å². The highest BCUT2D eigenvalue weighted by atomic mass is 14.3. The molecule has 0 heterocycles. The monoisotopic (exact) mass is 240 g/mol. The van der Waals surface area contributed by atoms with Gasteiger partial charge in [0.05, 0.1) is 0 Å². The molecular formula is C18H24. The van der Waals surface area contributed by atoms with Crippen LogP contribution >= 0.6 is 0 Å². The predicted octanol–water partition coefficient (Wildman–Crippen LogP) is 5.57. The third kappa shape index (κ3) is 3.35. The van der Waals surface area contributed by atoms with Crippen molar-refractivity contribution in [2.75, 3.05) is 0 Å². The van der Waals surface area contributed by atoms with Crippen LogP contribution in [0.2, 0.25) is 0 Å². The Morgan fingerprint density at radius 2 is 1.78 bits per heavy atom. The van der Waals surface area contributed by atoms with Gasteiger partial charge in [0.25, 0.3) is 0 Å². The summed E-state index contributed by atoms with van der Waals surface area (Å²) in [7, 11) is 0. The van der Waals surface area contributed by atoms with Crippen LogP contribution < -0.4 is 0 Å². The average Bonchev–Trinajstić information content (AvgIpc) is 2.46. The lowest BCUT2D eigenvalue weighted by Gasteiger charge is -2.28. The molecular weight excluding hydrogens is 216 g/mol. The lowest BCUT2D eigenvalue weighted by molar-refractivity contribution is 0.328. The van der Waals surface area contributed by atoms with Gasteiger partial charge in [-0.2, -0.15) is 0 Å². The second kappa shape index (κ2) is 6.58. The first kappa shape index (κ1) is 13.1. The van der Waals surface area contributed by atoms with Gasteiger partial charge in [-0.15, -0.1) is 0 Å². The zero-order valence-corrected chi connectivity index (χ0v) is 11.4. The first-order valence-corrected chi connectivity index (χ1v) is 7.17. The maximum absolute atomic E-state index is 3.81. The van der Waals surface area contributed by atoms with Gasteiger partial charge in [-0.25, -0.2) is 0 Å². The van der Waals surface area contributed by atoms with Crippen LogP contribution in [-0.4, -0.2) is 0 Å². The van der Waals surface area contributed by atoms with E-state index >= 15 is 0 Å². The van der Waals surface area contributed by atoms with Crippen LogP contribution in [0, 0.1) is 5.92 Å².